The fourth-order valence-corrected chi connectivity index (χ4v) is 4.22. The van der Waals surface area contributed by atoms with E-state index in [1.807, 2.05) is 24.3 Å². The lowest BCUT2D eigenvalue weighted by molar-refractivity contribution is -0.141. The molecule has 11 heteroatoms. The molecule has 2 heterocycles. The van der Waals surface area contributed by atoms with Gasteiger partial charge < -0.3 is 10.1 Å². The van der Waals surface area contributed by atoms with Crippen LogP contribution in [-0.2, 0) is 24.9 Å². The van der Waals surface area contributed by atoms with Crippen LogP contribution in [0.5, 0.6) is 5.75 Å². The van der Waals surface area contributed by atoms with Crippen LogP contribution in [0.25, 0.3) is 0 Å². The molecule has 1 N–H and O–H groups in total. The molecule has 0 aliphatic heterocycles. The molecule has 0 saturated heterocycles. The van der Waals surface area contributed by atoms with Crippen molar-refractivity contribution in [1.29, 1.82) is 0 Å². The lowest BCUT2D eigenvalue weighted by Crippen LogP contribution is -2.26. The fraction of sp³-hybridized carbons (Fsp3) is 0.480. The van der Waals surface area contributed by atoms with E-state index in [0.29, 0.717) is 17.9 Å². The number of carbonyl (C=O) groups excluding carboxylic acids is 1. The molecule has 0 spiro atoms. The average Bonchev–Trinajstić information content (AvgIpc) is 3.41. The molecule has 1 saturated carbocycles. The van der Waals surface area contributed by atoms with Crippen LogP contribution in [0.2, 0.25) is 5.02 Å². The van der Waals surface area contributed by atoms with Gasteiger partial charge in [-0.1, -0.05) is 44.5 Å². The second kappa shape index (κ2) is 10.2. The smallest absolute Gasteiger partial charge is 0.436 e. The predicted molar refractivity (Wildman–Crippen MR) is 129 cm³/mol. The average molecular weight is 524 g/mol. The molecule has 0 unspecified atom stereocenters. The quantitative estimate of drug-likeness (QED) is 0.361. The number of nitrogens with one attached hydrogen (secondary N) is 1. The summed E-state index contributed by atoms with van der Waals surface area (Å²) in [6.07, 6.45) is -0.958. The van der Waals surface area contributed by atoms with E-state index in [1.165, 1.54) is 14.9 Å². The zero-order valence-corrected chi connectivity index (χ0v) is 21.2. The zero-order chi connectivity index (χ0) is 26.1. The van der Waals surface area contributed by atoms with Gasteiger partial charge in [0.25, 0.3) is 5.91 Å². The summed E-state index contributed by atoms with van der Waals surface area (Å²) in [6, 6.07) is 9.42. The minimum Gasteiger partial charge on any atom is -0.471 e. The second-order valence-electron chi connectivity index (χ2n) is 9.94. The van der Waals surface area contributed by atoms with Crippen LogP contribution in [-0.4, -0.2) is 32.0 Å². The van der Waals surface area contributed by atoms with Crippen molar-refractivity contribution in [2.24, 2.45) is 0 Å². The van der Waals surface area contributed by atoms with Gasteiger partial charge in [0.05, 0.1) is 10.7 Å². The molecular formula is C25H29ClF3N5O2. The Morgan fingerprint density at radius 2 is 1.83 bits per heavy atom. The van der Waals surface area contributed by atoms with Gasteiger partial charge in [-0.05, 0) is 48.4 Å². The normalized spacial score (nSPS) is 14.2. The number of rotatable bonds is 9. The van der Waals surface area contributed by atoms with E-state index in [4.69, 9.17) is 16.3 Å². The number of hydrogen-bond acceptors (Lipinski definition) is 4. The van der Waals surface area contributed by atoms with Gasteiger partial charge in [0.1, 0.15) is 11.4 Å². The number of nitrogens with zero attached hydrogens (tertiary/aromatic N) is 4. The number of carbonyl (C=O) groups is 1. The third kappa shape index (κ3) is 6.21. The van der Waals surface area contributed by atoms with Crippen molar-refractivity contribution in [2.45, 2.75) is 70.8 Å². The number of aryl methyl sites for hydroxylation is 1. The lowest BCUT2D eigenvalue weighted by Gasteiger charge is -2.19. The molecule has 3 aromatic rings. The van der Waals surface area contributed by atoms with Crippen LogP contribution in [0.1, 0.15) is 73.4 Å². The largest absolute Gasteiger partial charge is 0.471 e. The SMILES string of the molecule is CC(C)(C)c1ccc(OCn2ccc(C(=O)NCCCn3nc(C(F)(F)F)c(Cl)c3C3CC3)n2)cc1. The molecule has 7 nitrogen and oxygen atoms in total. The maximum absolute atomic E-state index is 13.2. The number of amides is 1. The fourth-order valence-electron chi connectivity index (χ4n) is 3.82. The van der Waals surface area contributed by atoms with Gasteiger partial charge in [-0.2, -0.15) is 23.4 Å². The number of ether oxygens (including phenoxy) is 1. The van der Waals surface area contributed by atoms with E-state index >= 15 is 0 Å². The van der Waals surface area contributed by atoms with E-state index in [-0.39, 0.29) is 47.8 Å². The molecule has 0 atom stereocenters. The van der Waals surface area contributed by atoms with Crippen molar-refractivity contribution in [2.75, 3.05) is 6.54 Å². The molecule has 0 radical (unpaired) electrons. The Balaban J connectivity index is 1.26. The molecule has 194 valence electrons. The van der Waals surface area contributed by atoms with Gasteiger partial charge in [-0.15, -0.1) is 0 Å². The number of halogens is 4. The maximum Gasteiger partial charge on any atom is 0.436 e. The highest BCUT2D eigenvalue weighted by Gasteiger charge is 2.41. The molecular weight excluding hydrogens is 495 g/mol. The van der Waals surface area contributed by atoms with Gasteiger partial charge in [-0.3, -0.25) is 9.48 Å². The summed E-state index contributed by atoms with van der Waals surface area (Å²) >= 11 is 5.99. The van der Waals surface area contributed by atoms with Crippen molar-refractivity contribution in [3.05, 3.63) is 64.2 Å². The minimum absolute atomic E-state index is 0.0123. The van der Waals surface area contributed by atoms with Crippen molar-refractivity contribution >= 4 is 17.5 Å². The summed E-state index contributed by atoms with van der Waals surface area (Å²) in [5, 5.41) is 10.4. The Morgan fingerprint density at radius 3 is 2.44 bits per heavy atom. The summed E-state index contributed by atoms with van der Waals surface area (Å²) in [5.74, 6) is 0.334. The first-order valence-corrected chi connectivity index (χ1v) is 12.2. The highest BCUT2D eigenvalue weighted by Crippen LogP contribution is 2.46. The molecule has 0 bridgehead atoms. The summed E-state index contributed by atoms with van der Waals surface area (Å²) < 4.78 is 48.1. The van der Waals surface area contributed by atoms with Gasteiger partial charge in [0, 0.05) is 25.2 Å². The Labute approximate surface area is 212 Å². The first-order valence-electron chi connectivity index (χ1n) is 11.8. The van der Waals surface area contributed by atoms with Gasteiger partial charge in [-0.25, -0.2) is 4.68 Å². The first-order chi connectivity index (χ1) is 16.9. The van der Waals surface area contributed by atoms with E-state index in [0.717, 1.165) is 12.8 Å². The zero-order valence-electron chi connectivity index (χ0n) is 20.4. The van der Waals surface area contributed by atoms with Crippen LogP contribution in [0.15, 0.2) is 36.5 Å². The number of benzene rings is 1. The third-order valence-corrected chi connectivity index (χ3v) is 6.33. The third-order valence-electron chi connectivity index (χ3n) is 5.95. The van der Waals surface area contributed by atoms with Crippen LogP contribution in [0.3, 0.4) is 0 Å². The topological polar surface area (TPSA) is 74.0 Å². The molecule has 2 aromatic heterocycles. The van der Waals surface area contributed by atoms with Crippen molar-refractivity contribution in [1.82, 2.24) is 24.9 Å². The second-order valence-corrected chi connectivity index (χ2v) is 10.3. The van der Waals surface area contributed by atoms with Crippen LogP contribution >= 0.6 is 11.6 Å². The number of aromatic nitrogens is 4. The summed E-state index contributed by atoms with van der Waals surface area (Å²) in [7, 11) is 0. The van der Waals surface area contributed by atoms with Crippen LogP contribution in [0, 0.1) is 0 Å². The summed E-state index contributed by atoms with van der Waals surface area (Å²) in [4.78, 5) is 12.4. The molecule has 1 fully saturated rings. The van der Waals surface area contributed by atoms with Gasteiger partial charge in [0.15, 0.2) is 12.4 Å². The Morgan fingerprint density at radius 1 is 1.14 bits per heavy atom. The standard InChI is InChI=1S/C25H29ClF3N5O2/c1-24(2,3)17-7-9-18(10-8-17)36-15-33-14-11-19(31-33)23(35)30-12-4-13-34-21(16-5-6-16)20(26)22(32-34)25(27,28)29/h7-11,14,16H,4-6,12-13,15H2,1-3H3,(H,30,35). The summed E-state index contributed by atoms with van der Waals surface area (Å²) in [5.41, 5.74) is 0.866. The first kappa shape index (κ1) is 26.1. The highest BCUT2D eigenvalue weighted by molar-refractivity contribution is 6.32. The Hall–Kier alpha value is -3.01. The van der Waals surface area contributed by atoms with Gasteiger partial charge >= 0.3 is 6.18 Å². The number of hydrogen-bond donors (Lipinski definition) is 1. The highest BCUT2D eigenvalue weighted by atomic mass is 35.5. The Bertz CT molecular complexity index is 1210. The molecule has 36 heavy (non-hydrogen) atoms. The van der Waals surface area contributed by atoms with E-state index in [9.17, 15) is 18.0 Å². The molecule has 4 rings (SSSR count). The van der Waals surface area contributed by atoms with Crippen molar-refractivity contribution in [3.63, 3.8) is 0 Å². The Kier molecular flexibility index (Phi) is 7.36. The molecule has 1 aromatic carbocycles. The molecule has 1 aliphatic carbocycles. The lowest BCUT2D eigenvalue weighted by atomic mass is 9.87. The summed E-state index contributed by atoms with van der Waals surface area (Å²) in [6.45, 7) is 7.04. The van der Waals surface area contributed by atoms with E-state index in [2.05, 4.69) is 36.3 Å². The maximum atomic E-state index is 13.2. The monoisotopic (exact) mass is 523 g/mol. The number of alkyl halides is 3. The molecule has 1 amide bonds. The van der Waals surface area contributed by atoms with Crippen molar-refractivity contribution < 1.29 is 22.7 Å². The minimum atomic E-state index is -4.60. The van der Waals surface area contributed by atoms with E-state index in [1.54, 1.807) is 12.3 Å². The van der Waals surface area contributed by atoms with E-state index < -0.39 is 11.9 Å². The van der Waals surface area contributed by atoms with Crippen LogP contribution in [0.4, 0.5) is 13.2 Å². The van der Waals surface area contributed by atoms with Crippen LogP contribution < -0.4 is 10.1 Å². The van der Waals surface area contributed by atoms with Crippen molar-refractivity contribution in [3.8, 4) is 5.75 Å². The van der Waals surface area contributed by atoms with Gasteiger partial charge in [0.2, 0.25) is 0 Å². The predicted octanol–water partition coefficient (Wildman–Crippen LogP) is 5.78. The molecule has 1 aliphatic rings.